The van der Waals surface area contributed by atoms with Gasteiger partial charge in [-0.05, 0) is 6.92 Å². The number of aliphatic hydroxyl groups excluding tert-OH is 1. The molecule has 0 radical (unpaired) electrons. The molecule has 2 N–H and O–H groups in total. The van der Waals surface area contributed by atoms with E-state index in [9.17, 15) is 21.6 Å². The lowest BCUT2D eigenvalue weighted by atomic mass is 10.4. The molecule has 0 aromatic heterocycles. The van der Waals surface area contributed by atoms with Gasteiger partial charge < -0.3 is 5.11 Å². The molecule has 0 bridgehead atoms. The summed E-state index contributed by atoms with van der Waals surface area (Å²) in [4.78, 5) is 0. The monoisotopic (exact) mass is 207 g/mol. The second-order valence-electron chi connectivity index (χ2n) is 2.15. The van der Waals surface area contributed by atoms with Crippen molar-refractivity contribution in [2.24, 2.45) is 0 Å². The van der Waals surface area contributed by atoms with E-state index in [-0.39, 0.29) is 0 Å². The summed E-state index contributed by atoms with van der Waals surface area (Å²) in [6.07, 6.45) is 0. The minimum atomic E-state index is -5.32. The van der Waals surface area contributed by atoms with Crippen molar-refractivity contribution in [1.82, 2.24) is 4.72 Å². The average Bonchev–Trinajstić information content (AvgIpc) is 1.84. The Morgan fingerprint density at radius 3 is 2.17 bits per heavy atom. The van der Waals surface area contributed by atoms with E-state index in [1.807, 2.05) is 0 Å². The molecule has 4 nitrogen and oxygen atoms in total. The number of halogens is 3. The van der Waals surface area contributed by atoms with Crippen molar-refractivity contribution in [3.63, 3.8) is 0 Å². The smallest absolute Gasteiger partial charge is 0.395 e. The van der Waals surface area contributed by atoms with Crippen LogP contribution in [0.1, 0.15) is 6.92 Å². The van der Waals surface area contributed by atoms with Crippen LogP contribution < -0.4 is 4.72 Å². The zero-order chi connectivity index (χ0) is 9.99. The van der Waals surface area contributed by atoms with Crippen LogP contribution in [0, 0.1) is 0 Å². The lowest BCUT2D eigenvalue weighted by Gasteiger charge is -2.12. The van der Waals surface area contributed by atoms with E-state index in [0.29, 0.717) is 0 Å². The highest BCUT2D eigenvalue weighted by Crippen LogP contribution is 2.21. The summed E-state index contributed by atoms with van der Waals surface area (Å²) in [5, 5.41) is 8.27. The summed E-state index contributed by atoms with van der Waals surface area (Å²) in [6, 6.07) is -1.14. The van der Waals surface area contributed by atoms with Crippen LogP contribution in [-0.4, -0.2) is 31.7 Å². The molecule has 0 aliphatic rings. The standard InChI is InChI=1S/C4H8F3NO3S/c1-3(2-9)8-12(10,11)4(5,6)7/h3,8-9H,2H2,1H3/t3-/m0/s1. The van der Waals surface area contributed by atoms with Gasteiger partial charge in [0.05, 0.1) is 6.61 Å². The van der Waals surface area contributed by atoms with Crippen LogP contribution in [0.25, 0.3) is 0 Å². The fourth-order valence-corrected chi connectivity index (χ4v) is 1.11. The summed E-state index contributed by atoms with van der Waals surface area (Å²) in [6.45, 7) is 0.429. The first kappa shape index (κ1) is 11.7. The number of hydrogen-bond donors (Lipinski definition) is 2. The van der Waals surface area contributed by atoms with E-state index >= 15 is 0 Å². The topological polar surface area (TPSA) is 66.4 Å². The third kappa shape index (κ3) is 2.95. The van der Waals surface area contributed by atoms with Crippen molar-refractivity contribution in [1.29, 1.82) is 0 Å². The van der Waals surface area contributed by atoms with Gasteiger partial charge in [0.25, 0.3) is 0 Å². The number of hydrogen-bond acceptors (Lipinski definition) is 3. The van der Waals surface area contributed by atoms with E-state index in [2.05, 4.69) is 0 Å². The van der Waals surface area contributed by atoms with E-state index in [4.69, 9.17) is 5.11 Å². The van der Waals surface area contributed by atoms with Crippen molar-refractivity contribution < 1.29 is 26.7 Å². The molecule has 0 aromatic carbocycles. The SMILES string of the molecule is C[C@@H](CO)NS(=O)(=O)C(F)(F)F. The van der Waals surface area contributed by atoms with Gasteiger partial charge in [-0.2, -0.15) is 13.2 Å². The molecule has 0 fully saturated rings. The Hall–Kier alpha value is -0.340. The molecular weight excluding hydrogens is 199 g/mol. The van der Waals surface area contributed by atoms with Crippen LogP contribution in [0.3, 0.4) is 0 Å². The third-order valence-electron chi connectivity index (χ3n) is 0.935. The third-order valence-corrected chi connectivity index (χ3v) is 2.26. The van der Waals surface area contributed by atoms with E-state index < -0.39 is 28.2 Å². The molecule has 0 unspecified atom stereocenters. The van der Waals surface area contributed by atoms with E-state index in [1.165, 1.54) is 4.72 Å². The molecule has 0 aliphatic heterocycles. The number of sulfonamides is 1. The second-order valence-corrected chi connectivity index (χ2v) is 3.86. The number of alkyl halides is 3. The predicted octanol–water partition coefficient (Wildman–Crippen LogP) is -0.194. The highest BCUT2D eigenvalue weighted by molar-refractivity contribution is 7.90. The average molecular weight is 207 g/mol. The highest BCUT2D eigenvalue weighted by Gasteiger charge is 2.46. The van der Waals surface area contributed by atoms with Crippen LogP contribution in [0.4, 0.5) is 13.2 Å². The largest absolute Gasteiger partial charge is 0.511 e. The Kier molecular flexibility index (Phi) is 3.48. The van der Waals surface area contributed by atoms with Gasteiger partial charge in [-0.3, -0.25) is 0 Å². The van der Waals surface area contributed by atoms with E-state index in [0.717, 1.165) is 6.92 Å². The molecule has 0 spiro atoms. The summed E-state index contributed by atoms with van der Waals surface area (Å²) in [7, 11) is -5.32. The first-order valence-corrected chi connectivity index (χ1v) is 4.38. The Bertz CT molecular complexity index is 234. The van der Waals surface area contributed by atoms with E-state index in [1.54, 1.807) is 0 Å². The maximum atomic E-state index is 11.6. The van der Waals surface area contributed by atoms with Crippen LogP contribution in [-0.2, 0) is 10.0 Å². The van der Waals surface area contributed by atoms with Crippen molar-refractivity contribution in [3.8, 4) is 0 Å². The summed E-state index contributed by atoms with van der Waals surface area (Å²) >= 11 is 0. The fraction of sp³-hybridized carbons (Fsp3) is 1.00. The van der Waals surface area contributed by atoms with Crippen molar-refractivity contribution in [2.45, 2.75) is 18.5 Å². The maximum absolute atomic E-state index is 11.6. The van der Waals surface area contributed by atoms with Gasteiger partial charge >= 0.3 is 15.5 Å². The van der Waals surface area contributed by atoms with Crippen LogP contribution in [0.5, 0.6) is 0 Å². The van der Waals surface area contributed by atoms with Gasteiger partial charge in [0.15, 0.2) is 0 Å². The molecular formula is C4H8F3NO3S. The molecule has 12 heavy (non-hydrogen) atoms. The van der Waals surface area contributed by atoms with Crippen molar-refractivity contribution in [3.05, 3.63) is 0 Å². The molecule has 0 saturated heterocycles. The lowest BCUT2D eigenvalue weighted by molar-refractivity contribution is -0.0451. The Balaban J connectivity index is 4.46. The Morgan fingerprint density at radius 2 is 1.92 bits per heavy atom. The highest BCUT2D eigenvalue weighted by atomic mass is 32.2. The molecule has 1 atom stereocenters. The minimum absolute atomic E-state index is 0.685. The number of nitrogens with one attached hydrogen (secondary N) is 1. The number of rotatable bonds is 3. The van der Waals surface area contributed by atoms with Gasteiger partial charge in [-0.1, -0.05) is 0 Å². The van der Waals surface area contributed by atoms with Gasteiger partial charge in [0, 0.05) is 6.04 Å². The van der Waals surface area contributed by atoms with Crippen molar-refractivity contribution in [2.75, 3.05) is 6.61 Å². The fourth-order valence-electron chi connectivity index (χ4n) is 0.369. The first-order chi connectivity index (χ1) is 5.20. The molecule has 0 amide bonds. The van der Waals surface area contributed by atoms with Crippen molar-refractivity contribution >= 4 is 10.0 Å². The van der Waals surface area contributed by atoms with Crippen LogP contribution in [0.15, 0.2) is 0 Å². The van der Waals surface area contributed by atoms with Crippen LogP contribution >= 0.6 is 0 Å². The van der Waals surface area contributed by atoms with Gasteiger partial charge in [0.2, 0.25) is 0 Å². The Morgan fingerprint density at radius 1 is 1.50 bits per heavy atom. The molecule has 0 aromatic rings. The molecule has 0 saturated carbocycles. The van der Waals surface area contributed by atoms with Gasteiger partial charge in [-0.15, -0.1) is 0 Å². The molecule has 0 heterocycles. The first-order valence-electron chi connectivity index (χ1n) is 2.90. The lowest BCUT2D eigenvalue weighted by Crippen LogP contribution is -2.42. The minimum Gasteiger partial charge on any atom is -0.395 e. The predicted molar refractivity (Wildman–Crippen MR) is 34.7 cm³/mol. The quantitative estimate of drug-likeness (QED) is 0.673. The molecule has 0 aliphatic carbocycles. The van der Waals surface area contributed by atoms with Gasteiger partial charge in [0.1, 0.15) is 0 Å². The van der Waals surface area contributed by atoms with Crippen LogP contribution in [0.2, 0.25) is 0 Å². The summed E-state index contributed by atoms with van der Waals surface area (Å²) in [5.74, 6) is 0. The molecule has 8 heteroatoms. The summed E-state index contributed by atoms with van der Waals surface area (Å²) < 4.78 is 56.6. The maximum Gasteiger partial charge on any atom is 0.511 e. The van der Waals surface area contributed by atoms with Gasteiger partial charge in [-0.25, -0.2) is 13.1 Å². The normalized spacial score (nSPS) is 16.1. The number of aliphatic hydroxyl groups is 1. The second kappa shape index (κ2) is 3.58. The Labute approximate surface area is 67.4 Å². The zero-order valence-electron chi connectivity index (χ0n) is 6.09. The zero-order valence-corrected chi connectivity index (χ0v) is 6.91. The molecule has 0 rings (SSSR count). The summed E-state index contributed by atoms with van der Waals surface area (Å²) in [5.41, 5.74) is -5.32. The molecule has 74 valence electrons.